The van der Waals surface area contributed by atoms with Crippen LogP contribution < -0.4 is 16.3 Å². The number of anilines is 1. The first kappa shape index (κ1) is 21.0. The van der Waals surface area contributed by atoms with Gasteiger partial charge < -0.3 is 15.5 Å². The molecule has 0 bridgehead atoms. The molecule has 7 nitrogen and oxygen atoms in total. The number of urea groups is 1. The highest BCUT2D eigenvalue weighted by atomic mass is 16.2. The number of hydrogen-bond donors (Lipinski definition) is 2. The Hall–Kier alpha value is -2.67. The van der Waals surface area contributed by atoms with Crippen LogP contribution in [-0.4, -0.2) is 46.2 Å². The van der Waals surface area contributed by atoms with Crippen LogP contribution in [0.2, 0.25) is 0 Å². The maximum absolute atomic E-state index is 12.4. The van der Waals surface area contributed by atoms with Crippen molar-refractivity contribution in [2.24, 2.45) is 11.8 Å². The van der Waals surface area contributed by atoms with Crippen LogP contribution in [0.15, 0.2) is 47.5 Å². The molecule has 2 amide bonds. The number of carbonyl (C=O) groups excluding carboxylic acids is 1. The zero-order chi connectivity index (χ0) is 20.8. The van der Waals surface area contributed by atoms with E-state index in [0.29, 0.717) is 24.1 Å². The second kappa shape index (κ2) is 9.69. The molecule has 0 radical (unpaired) electrons. The fourth-order valence-electron chi connectivity index (χ4n) is 4.22. The molecule has 3 rings (SSSR count). The summed E-state index contributed by atoms with van der Waals surface area (Å²) in [5.74, 6) is 1.41. The SMILES string of the molecule is C[C@@H]1C[C@@H](C)CN(C[C@H](C)NC(=O)Nc2cccc(Cn3cccnc3=O)c2)C1. The van der Waals surface area contributed by atoms with Crippen molar-refractivity contribution in [1.29, 1.82) is 0 Å². The molecule has 29 heavy (non-hydrogen) atoms. The highest BCUT2D eigenvalue weighted by Gasteiger charge is 2.23. The summed E-state index contributed by atoms with van der Waals surface area (Å²) in [6, 6.07) is 9.07. The predicted octanol–water partition coefficient (Wildman–Crippen LogP) is 2.78. The number of nitrogens with one attached hydrogen (secondary N) is 2. The Morgan fingerprint density at radius 2 is 2.00 bits per heavy atom. The van der Waals surface area contributed by atoms with Gasteiger partial charge in [-0.1, -0.05) is 26.0 Å². The van der Waals surface area contributed by atoms with Crippen molar-refractivity contribution in [2.45, 2.75) is 39.8 Å². The van der Waals surface area contributed by atoms with E-state index in [0.717, 1.165) is 25.2 Å². The third-order valence-corrected chi connectivity index (χ3v) is 5.17. The van der Waals surface area contributed by atoms with Gasteiger partial charge in [0.1, 0.15) is 0 Å². The van der Waals surface area contributed by atoms with Gasteiger partial charge in [-0.05, 0) is 48.9 Å². The van der Waals surface area contributed by atoms with Crippen LogP contribution in [0, 0.1) is 11.8 Å². The molecule has 0 aliphatic carbocycles. The van der Waals surface area contributed by atoms with Gasteiger partial charge in [0.2, 0.25) is 0 Å². The van der Waals surface area contributed by atoms with Gasteiger partial charge in [0, 0.05) is 43.8 Å². The maximum atomic E-state index is 12.4. The molecule has 2 aromatic rings. The summed E-state index contributed by atoms with van der Waals surface area (Å²) in [5, 5.41) is 5.92. The lowest BCUT2D eigenvalue weighted by atomic mass is 9.92. The van der Waals surface area contributed by atoms with Gasteiger partial charge in [-0.2, -0.15) is 0 Å². The Labute approximate surface area is 172 Å². The second-order valence-corrected chi connectivity index (χ2v) is 8.39. The minimum Gasteiger partial charge on any atom is -0.334 e. The first-order valence-corrected chi connectivity index (χ1v) is 10.3. The largest absolute Gasteiger partial charge is 0.347 e. The van der Waals surface area contributed by atoms with Gasteiger partial charge in [0.05, 0.1) is 6.54 Å². The molecule has 0 spiro atoms. The number of carbonyl (C=O) groups is 1. The Balaban J connectivity index is 1.52. The number of rotatable bonds is 6. The van der Waals surface area contributed by atoms with Crippen LogP contribution in [-0.2, 0) is 6.54 Å². The summed E-state index contributed by atoms with van der Waals surface area (Å²) in [4.78, 5) is 30.4. The lowest BCUT2D eigenvalue weighted by Gasteiger charge is -2.36. The quantitative estimate of drug-likeness (QED) is 0.786. The Morgan fingerprint density at radius 1 is 1.24 bits per heavy atom. The standard InChI is InChI=1S/C22H31N5O2/c1-16-10-17(2)13-26(12-16)14-18(3)24-21(28)25-20-7-4-6-19(11-20)15-27-9-5-8-23-22(27)29/h4-9,11,16-18H,10,12-15H2,1-3H3,(H2,24,25,28)/t16-,17-,18+/m1/s1. The molecule has 1 aromatic carbocycles. The Morgan fingerprint density at radius 3 is 2.72 bits per heavy atom. The van der Waals surface area contributed by atoms with E-state index in [1.807, 2.05) is 31.2 Å². The lowest BCUT2D eigenvalue weighted by molar-refractivity contribution is 0.132. The fourth-order valence-corrected chi connectivity index (χ4v) is 4.22. The Kier molecular flexibility index (Phi) is 7.04. The second-order valence-electron chi connectivity index (χ2n) is 8.39. The van der Waals surface area contributed by atoms with Crippen LogP contribution in [0.1, 0.15) is 32.8 Å². The number of benzene rings is 1. The summed E-state index contributed by atoms with van der Waals surface area (Å²) in [6.07, 6.45) is 4.46. The molecular weight excluding hydrogens is 366 g/mol. The average molecular weight is 398 g/mol. The molecule has 1 saturated heterocycles. The van der Waals surface area contributed by atoms with Crippen LogP contribution in [0.3, 0.4) is 0 Å². The van der Waals surface area contributed by atoms with Crippen molar-refractivity contribution in [3.05, 3.63) is 58.8 Å². The van der Waals surface area contributed by atoms with Gasteiger partial charge in [-0.3, -0.25) is 4.57 Å². The van der Waals surface area contributed by atoms with E-state index in [4.69, 9.17) is 0 Å². The molecule has 156 valence electrons. The molecule has 2 N–H and O–H groups in total. The number of nitrogens with zero attached hydrogens (tertiary/aromatic N) is 3. The predicted molar refractivity (Wildman–Crippen MR) is 115 cm³/mol. The smallest absolute Gasteiger partial charge is 0.334 e. The van der Waals surface area contributed by atoms with Crippen LogP contribution in [0.5, 0.6) is 0 Å². The van der Waals surface area contributed by atoms with Crippen molar-refractivity contribution < 1.29 is 4.79 Å². The molecule has 2 heterocycles. The Bertz CT molecular complexity index is 871. The van der Waals surface area contributed by atoms with Gasteiger partial charge in [-0.25, -0.2) is 14.6 Å². The van der Waals surface area contributed by atoms with Crippen LogP contribution in [0.25, 0.3) is 0 Å². The van der Waals surface area contributed by atoms with E-state index in [1.165, 1.54) is 17.2 Å². The van der Waals surface area contributed by atoms with Crippen molar-refractivity contribution in [1.82, 2.24) is 19.8 Å². The summed E-state index contributed by atoms with van der Waals surface area (Å²) in [7, 11) is 0. The molecule has 7 heteroatoms. The number of aromatic nitrogens is 2. The number of likely N-dealkylation sites (tertiary alicyclic amines) is 1. The van der Waals surface area contributed by atoms with Crippen molar-refractivity contribution in [3.63, 3.8) is 0 Å². The molecule has 3 atom stereocenters. The molecule has 1 aliphatic rings. The lowest BCUT2D eigenvalue weighted by Crippen LogP contribution is -2.47. The van der Waals surface area contributed by atoms with E-state index < -0.39 is 0 Å². The average Bonchev–Trinajstić information content (AvgIpc) is 2.62. The van der Waals surface area contributed by atoms with Gasteiger partial charge in [-0.15, -0.1) is 0 Å². The van der Waals surface area contributed by atoms with E-state index >= 15 is 0 Å². The summed E-state index contributed by atoms with van der Waals surface area (Å²) >= 11 is 0. The van der Waals surface area contributed by atoms with E-state index in [1.54, 1.807) is 12.3 Å². The fraction of sp³-hybridized carbons (Fsp3) is 0.500. The van der Waals surface area contributed by atoms with Gasteiger partial charge in [0.25, 0.3) is 0 Å². The number of hydrogen-bond acceptors (Lipinski definition) is 4. The third kappa shape index (κ3) is 6.42. The normalized spacial score (nSPS) is 20.8. The topological polar surface area (TPSA) is 79.3 Å². The van der Waals surface area contributed by atoms with Crippen molar-refractivity contribution in [3.8, 4) is 0 Å². The molecular formula is C22H31N5O2. The molecule has 1 aliphatic heterocycles. The minimum atomic E-state index is -0.293. The molecule has 1 fully saturated rings. The zero-order valence-corrected chi connectivity index (χ0v) is 17.5. The number of piperidine rings is 1. The molecule has 0 unspecified atom stereocenters. The summed E-state index contributed by atoms with van der Waals surface area (Å²) in [6.45, 7) is 10.1. The summed E-state index contributed by atoms with van der Waals surface area (Å²) in [5.41, 5.74) is 1.32. The van der Waals surface area contributed by atoms with E-state index in [9.17, 15) is 9.59 Å². The highest BCUT2D eigenvalue weighted by molar-refractivity contribution is 5.89. The van der Waals surface area contributed by atoms with Gasteiger partial charge >= 0.3 is 11.7 Å². The highest BCUT2D eigenvalue weighted by Crippen LogP contribution is 2.20. The van der Waals surface area contributed by atoms with Crippen LogP contribution >= 0.6 is 0 Å². The maximum Gasteiger partial charge on any atom is 0.347 e. The minimum absolute atomic E-state index is 0.0599. The first-order chi connectivity index (χ1) is 13.9. The summed E-state index contributed by atoms with van der Waals surface area (Å²) < 4.78 is 1.53. The monoisotopic (exact) mass is 397 g/mol. The number of amides is 2. The van der Waals surface area contributed by atoms with Crippen molar-refractivity contribution >= 4 is 11.7 Å². The molecule has 1 aromatic heterocycles. The van der Waals surface area contributed by atoms with Crippen LogP contribution in [0.4, 0.5) is 10.5 Å². The molecule has 0 saturated carbocycles. The van der Waals surface area contributed by atoms with E-state index in [2.05, 4.69) is 34.4 Å². The zero-order valence-electron chi connectivity index (χ0n) is 17.5. The van der Waals surface area contributed by atoms with Crippen molar-refractivity contribution in [2.75, 3.05) is 25.0 Å². The van der Waals surface area contributed by atoms with Gasteiger partial charge in [0.15, 0.2) is 0 Å². The first-order valence-electron chi connectivity index (χ1n) is 10.3. The van der Waals surface area contributed by atoms with E-state index in [-0.39, 0.29) is 17.8 Å². The third-order valence-electron chi connectivity index (χ3n) is 5.17.